The number of esters is 1. The number of carbonyl (C=O) groups is 1. The van der Waals surface area contributed by atoms with Crippen LogP contribution in [0.15, 0.2) is 72.9 Å². The summed E-state index contributed by atoms with van der Waals surface area (Å²) in [5.41, 5.74) is 9.45. The number of nitrogen functional groups attached to an aromatic ring is 1. The SMILES string of the molecule is COC(=O)CCc1cn(-c2ccc(-c3ccc(C(=N)N)cc3)nn2)c(-c2ccccc2)n1. The number of imidazole rings is 1. The Balaban J connectivity index is 1.66. The fraction of sp³-hybridized carbons (Fsp3) is 0.125. The van der Waals surface area contributed by atoms with Gasteiger partial charge in [-0.05, 0) is 12.1 Å². The van der Waals surface area contributed by atoms with Gasteiger partial charge in [0.15, 0.2) is 5.82 Å². The zero-order valence-electron chi connectivity index (χ0n) is 17.5. The number of methoxy groups -OCH3 is 1. The summed E-state index contributed by atoms with van der Waals surface area (Å²) in [6.07, 6.45) is 2.59. The van der Waals surface area contributed by atoms with Crippen LogP contribution < -0.4 is 5.73 Å². The molecule has 0 radical (unpaired) electrons. The molecule has 0 aliphatic rings. The molecule has 0 bridgehead atoms. The van der Waals surface area contributed by atoms with E-state index in [1.165, 1.54) is 7.11 Å². The molecule has 0 fully saturated rings. The van der Waals surface area contributed by atoms with E-state index >= 15 is 0 Å². The Labute approximate surface area is 185 Å². The van der Waals surface area contributed by atoms with Gasteiger partial charge in [-0.2, -0.15) is 0 Å². The van der Waals surface area contributed by atoms with Crippen molar-refractivity contribution < 1.29 is 9.53 Å². The monoisotopic (exact) mass is 426 g/mol. The van der Waals surface area contributed by atoms with Gasteiger partial charge in [0.2, 0.25) is 0 Å². The summed E-state index contributed by atoms with van der Waals surface area (Å²) in [5, 5.41) is 16.3. The first-order chi connectivity index (χ1) is 15.5. The molecule has 0 spiro atoms. The van der Waals surface area contributed by atoms with Crippen molar-refractivity contribution >= 4 is 11.8 Å². The summed E-state index contributed by atoms with van der Waals surface area (Å²) in [7, 11) is 1.38. The summed E-state index contributed by atoms with van der Waals surface area (Å²) in [6.45, 7) is 0. The number of rotatable bonds is 7. The minimum absolute atomic E-state index is 0.0227. The van der Waals surface area contributed by atoms with E-state index in [9.17, 15) is 4.79 Å². The summed E-state index contributed by atoms with van der Waals surface area (Å²) >= 11 is 0. The Morgan fingerprint density at radius 1 is 1.00 bits per heavy atom. The topological polar surface area (TPSA) is 120 Å². The second-order valence-electron chi connectivity index (χ2n) is 7.14. The molecule has 4 aromatic rings. The zero-order valence-corrected chi connectivity index (χ0v) is 17.5. The van der Waals surface area contributed by atoms with Gasteiger partial charge >= 0.3 is 5.97 Å². The fourth-order valence-electron chi connectivity index (χ4n) is 3.28. The highest BCUT2D eigenvalue weighted by Gasteiger charge is 2.14. The second-order valence-corrected chi connectivity index (χ2v) is 7.14. The lowest BCUT2D eigenvalue weighted by Crippen LogP contribution is -2.10. The van der Waals surface area contributed by atoms with Crippen molar-refractivity contribution in [2.24, 2.45) is 5.73 Å². The molecule has 0 saturated carbocycles. The molecule has 3 N–H and O–H groups in total. The van der Waals surface area contributed by atoms with E-state index in [2.05, 4.69) is 10.2 Å². The van der Waals surface area contributed by atoms with Gasteiger partial charge in [0.05, 0.1) is 24.9 Å². The molecule has 160 valence electrons. The van der Waals surface area contributed by atoms with E-state index in [-0.39, 0.29) is 18.2 Å². The normalized spacial score (nSPS) is 10.7. The third-order valence-electron chi connectivity index (χ3n) is 4.99. The quantitative estimate of drug-likeness (QED) is 0.266. The Kier molecular flexibility index (Phi) is 6.03. The Morgan fingerprint density at radius 3 is 2.38 bits per heavy atom. The highest BCUT2D eigenvalue weighted by molar-refractivity contribution is 5.95. The van der Waals surface area contributed by atoms with Gasteiger partial charge in [-0.3, -0.25) is 14.8 Å². The number of ether oxygens (including phenoxy) is 1. The number of nitrogens with zero attached hydrogens (tertiary/aromatic N) is 4. The molecule has 8 nitrogen and oxygen atoms in total. The Morgan fingerprint density at radius 2 is 1.75 bits per heavy atom. The number of aromatic nitrogens is 4. The lowest BCUT2D eigenvalue weighted by Gasteiger charge is -2.07. The minimum atomic E-state index is -0.277. The number of amidine groups is 1. The molecule has 0 unspecified atom stereocenters. The molecule has 4 rings (SSSR count). The van der Waals surface area contributed by atoms with Gasteiger partial charge in [-0.25, -0.2) is 4.98 Å². The van der Waals surface area contributed by atoms with Gasteiger partial charge in [-0.15, -0.1) is 10.2 Å². The average molecular weight is 426 g/mol. The molecule has 2 aromatic carbocycles. The first-order valence-electron chi connectivity index (χ1n) is 10.0. The smallest absolute Gasteiger partial charge is 0.305 e. The second kappa shape index (κ2) is 9.22. The largest absolute Gasteiger partial charge is 0.469 e. The van der Waals surface area contributed by atoms with Crippen LogP contribution in [0.1, 0.15) is 17.7 Å². The first-order valence-corrected chi connectivity index (χ1v) is 10.0. The highest BCUT2D eigenvalue weighted by Crippen LogP contribution is 2.24. The molecule has 8 heteroatoms. The predicted octanol–water partition coefficient (Wildman–Crippen LogP) is 3.39. The lowest BCUT2D eigenvalue weighted by molar-refractivity contribution is -0.140. The van der Waals surface area contributed by atoms with Crippen molar-refractivity contribution in [1.82, 2.24) is 19.7 Å². The number of benzene rings is 2. The van der Waals surface area contributed by atoms with Gasteiger partial charge in [0.25, 0.3) is 0 Å². The Bertz CT molecular complexity index is 1230. The molecular weight excluding hydrogens is 404 g/mol. The number of hydrogen-bond donors (Lipinski definition) is 2. The minimum Gasteiger partial charge on any atom is -0.469 e. The van der Waals surface area contributed by atoms with Crippen molar-refractivity contribution in [1.29, 1.82) is 5.41 Å². The summed E-state index contributed by atoms with van der Waals surface area (Å²) in [4.78, 5) is 16.3. The lowest BCUT2D eigenvalue weighted by atomic mass is 10.1. The van der Waals surface area contributed by atoms with E-state index in [1.54, 1.807) is 12.1 Å². The summed E-state index contributed by atoms with van der Waals surface area (Å²) < 4.78 is 6.61. The molecule has 32 heavy (non-hydrogen) atoms. The van der Waals surface area contributed by atoms with Crippen LogP contribution in [0.25, 0.3) is 28.5 Å². The fourth-order valence-corrected chi connectivity index (χ4v) is 3.28. The van der Waals surface area contributed by atoms with Gasteiger partial charge in [0, 0.05) is 29.3 Å². The van der Waals surface area contributed by atoms with Gasteiger partial charge < -0.3 is 10.5 Å². The van der Waals surface area contributed by atoms with Crippen LogP contribution in [0.5, 0.6) is 0 Å². The van der Waals surface area contributed by atoms with E-state index < -0.39 is 0 Å². The number of nitrogens with one attached hydrogen (secondary N) is 1. The number of carbonyl (C=O) groups excluding carboxylic acids is 1. The van der Waals surface area contributed by atoms with Crippen LogP contribution in [-0.2, 0) is 16.0 Å². The van der Waals surface area contributed by atoms with Crippen LogP contribution in [0.3, 0.4) is 0 Å². The summed E-state index contributed by atoms with van der Waals surface area (Å²) in [6, 6.07) is 20.8. The van der Waals surface area contributed by atoms with Gasteiger partial charge in [-0.1, -0.05) is 54.6 Å². The van der Waals surface area contributed by atoms with E-state index in [0.29, 0.717) is 23.5 Å². The van der Waals surface area contributed by atoms with Crippen LogP contribution in [-0.4, -0.2) is 38.7 Å². The molecule has 0 aliphatic carbocycles. The third kappa shape index (κ3) is 4.54. The van der Waals surface area contributed by atoms with E-state index in [4.69, 9.17) is 20.9 Å². The maximum atomic E-state index is 11.5. The maximum absolute atomic E-state index is 11.5. The molecule has 0 amide bonds. The van der Waals surface area contributed by atoms with Crippen LogP contribution in [0.4, 0.5) is 0 Å². The standard InChI is InChI=1S/C24H22N6O2/c1-32-22(31)14-11-19-15-30(24(27-19)18-5-3-2-4-6-18)21-13-12-20(28-29-21)16-7-9-17(10-8-16)23(25)26/h2-10,12-13,15H,11,14H2,1H3,(H3,25,26). The van der Waals surface area contributed by atoms with Crippen molar-refractivity contribution in [3.63, 3.8) is 0 Å². The molecular formula is C24H22N6O2. The van der Waals surface area contributed by atoms with Crippen molar-refractivity contribution in [3.05, 3.63) is 84.2 Å². The van der Waals surface area contributed by atoms with Crippen molar-refractivity contribution in [2.75, 3.05) is 7.11 Å². The molecule has 0 atom stereocenters. The van der Waals surface area contributed by atoms with Gasteiger partial charge in [0.1, 0.15) is 11.7 Å². The predicted molar refractivity (Wildman–Crippen MR) is 121 cm³/mol. The summed E-state index contributed by atoms with van der Waals surface area (Å²) in [5.74, 6) is 1.08. The average Bonchev–Trinajstić information content (AvgIpc) is 3.27. The number of hydrogen-bond acceptors (Lipinski definition) is 6. The highest BCUT2D eigenvalue weighted by atomic mass is 16.5. The van der Waals surface area contributed by atoms with E-state index in [1.807, 2.05) is 65.4 Å². The first kappa shape index (κ1) is 20.9. The van der Waals surface area contributed by atoms with Crippen LogP contribution in [0, 0.1) is 5.41 Å². The maximum Gasteiger partial charge on any atom is 0.305 e. The van der Waals surface area contributed by atoms with E-state index in [0.717, 1.165) is 22.6 Å². The van der Waals surface area contributed by atoms with Crippen LogP contribution >= 0.6 is 0 Å². The number of nitrogens with two attached hydrogens (primary N) is 1. The molecule has 2 heterocycles. The molecule has 2 aromatic heterocycles. The van der Waals surface area contributed by atoms with Crippen LogP contribution in [0.2, 0.25) is 0 Å². The van der Waals surface area contributed by atoms with Crippen molar-refractivity contribution in [2.45, 2.75) is 12.8 Å². The Hall–Kier alpha value is -4.33. The van der Waals surface area contributed by atoms with Crippen molar-refractivity contribution in [3.8, 4) is 28.5 Å². The zero-order chi connectivity index (χ0) is 22.5. The molecule has 0 aliphatic heterocycles. The number of aryl methyl sites for hydroxylation is 1. The third-order valence-corrected chi connectivity index (χ3v) is 4.99. The molecule has 0 saturated heterocycles.